The zero-order valence-corrected chi connectivity index (χ0v) is 12.1. The lowest BCUT2D eigenvalue weighted by molar-refractivity contribution is -0.125. The highest BCUT2D eigenvalue weighted by molar-refractivity contribution is 5.76. The maximum Gasteiger partial charge on any atom is 0.220 e. The number of methoxy groups -OCH3 is 1. The molecule has 0 aliphatic heterocycles. The van der Waals surface area contributed by atoms with Crippen LogP contribution < -0.4 is 11.1 Å². The average molecular weight is 256 g/mol. The summed E-state index contributed by atoms with van der Waals surface area (Å²) in [6, 6.07) is 0. The van der Waals surface area contributed by atoms with E-state index < -0.39 is 0 Å². The Morgan fingerprint density at radius 2 is 1.94 bits per heavy atom. The maximum atomic E-state index is 12.0. The first kappa shape index (κ1) is 15.4. The summed E-state index contributed by atoms with van der Waals surface area (Å²) < 4.78 is 5.29. The summed E-state index contributed by atoms with van der Waals surface area (Å²) in [7, 11) is 1.66. The molecule has 106 valence electrons. The highest BCUT2D eigenvalue weighted by atomic mass is 16.5. The Hall–Kier alpha value is -0.610. The van der Waals surface area contributed by atoms with Crippen molar-refractivity contribution in [1.29, 1.82) is 0 Å². The maximum absolute atomic E-state index is 12.0. The van der Waals surface area contributed by atoms with Crippen molar-refractivity contribution < 1.29 is 9.53 Å². The number of amides is 1. The van der Waals surface area contributed by atoms with Gasteiger partial charge in [-0.25, -0.2) is 0 Å². The van der Waals surface area contributed by atoms with Crippen molar-refractivity contribution >= 4 is 5.91 Å². The minimum Gasteiger partial charge on any atom is -0.377 e. The van der Waals surface area contributed by atoms with Gasteiger partial charge in [0.15, 0.2) is 0 Å². The van der Waals surface area contributed by atoms with Gasteiger partial charge in [-0.05, 0) is 38.6 Å². The van der Waals surface area contributed by atoms with Crippen LogP contribution in [0.5, 0.6) is 0 Å². The van der Waals surface area contributed by atoms with Crippen LogP contribution in [0.1, 0.15) is 52.4 Å². The van der Waals surface area contributed by atoms with Gasteiger partial charge in [-0.3, -0.25) is 4.79 Å². The molecule has 0 aromatic carbocycles. The average Bonchev–Trinajstić information content (AvgIpc) is 2.38. The summed E-state index contributed by atoms with van der Waals surface area (Å²) in [5.41, 5.74) is 5.62. The van der Waals surface area contributed by atoms with E-state index in [1.807, 2.05) is 13.8 Å². The van der Waals surface area contributed by atoms with Crippen molar-refractivity contribution in [2.45, 2.75) is 58.0 Å². The Labute approximate surface area is 111 Å². The molecule has 0 atom stereocenters. The lowest BCUT2D eigenvalue weighted by Crippen LogP contribution is -2.43. The van der Waals surface area contributed by atoms with Crippen LogP contribution >= 0.6 is 0 Å². The van der Waals surface area contributed by atoms with Crippen LogP contribution in [0, 0.1) is 5.41 Å². The van der Waals surface area contributed by atoms with Crippen molar-refractivity contribution in [2.24, 2.45) is 11.1 Å². The molecule has 0 unspecified atom stereocenters. The number of nitrogens with one attached hydrogen (secondary N) is 1. The number of hydrogen-bond acceptors (Lipinski definition) is 3. The highest BCUT2D eigenvalue weighted by Gasteiger charge is 2.33. The van der Waals surface area contributed by atoms with E-state index in [1.54, 1.807) is 7.11 Å². The molecule has 4 heteroatoms. The largest absolute Gasteiger partial charge is 0.377 e. The molecule has 1 rings (SSSR count). The zero-order valence-electron chi connectivity index (χ0n) is 12.1. The summed E-state index contributed by atoms with van der Waals surface area (Å²) in [4.78, 5) is 12.0. The van der Waals surface area contributed by atoms with Gasteiger partial charge in [-0.15, -0.1) is 0 Å². The van der Waals surface area contributed by atoms with Crippen LogP contribution in [0.4, 0.5) is 0 Å². The third-order valence-corrected chi connectivity index (χ3v) is 4.15. The lowest BCUT2D eigenvalue weighted by Gasteiger charge is -2.36. The molecule has 0 aromatic rings. The van der Waals surface area contributed by atoms with Crippen LogP contribution in [-0.4, -0.2) is 31.7 Å². The van der Waals surface area contributed by atoms with Crippen molar-refractivity contribution in [3.63, 3.8) is 0 Å². The lowest BCUT2D eigenvalue weighted by atomic mass is 9.71. The molecular formula is C14H28N2O2. The molecule has 3 N–H and O–H groups in total. The van der Waals surface area contributed by atoms with Gasteiger partial charge in [-0.1, -0.05) is 19.3 Å². The van der Waals surface area contributed by atoms with E-state index in [0.717, 1.165) is 12.8 Å². The van der Waals surface area contributed by atoms with E-state index in [1.165, 1.54) is 19.3 Å². The summed E-state index contributed by atoms with van der Waals surface area (Å²) >= 11 is 0. The van der Waals surface area contributed by atoms with Gasteiger partial charge in [0.25, 0.3) is 0 Å². The van der Waals surface area contributed by atoms with E-state index in [0.29, 0.717) is 19.5 Å². The van der Waals surface area contributed by atoms with Crippen LogP contribution in [-0.2, 0) is 9.53 Å². The zero-order chi connectivity index (χ0) is 13.6. The number of carbonyl (C=O) groups excluding carboxylic acids is 1. The predicted molar refractivity (Wildman–Crippen MR) is 73.3 cm³/mol. The molecule has 4 nitrogen and oxygen atoms in total. The second kappa shape index (κ2) is 6.53. The van der Waals surface area contributed by atoms with Crippen LogP contribution in [0.25, 0.3) is 0 Å². The van der Waals surface area contributed by atoms with E-state index >= 15 is 0 Å². The number of hydrogen-bond donors (Lipinski definition) is 2. The molecule has 1 fully saturated rings. The quantitative estimate of drug-likeness (QED) is 0.762. The second-order valence-electron chi connectivity index (χ2n) is 6.18. The standard InChI is InChI=1S/C14H28N2O2/c1-13(2,18-3)11-16-12(17)9-14(10-15)7-5-4-6-8-14/h4-11,15H2,1-3H3,(H,16,17). The van der Waals surface area contributed by atoms with E-state index in [2.05, 4.69) is 5.32 Å². The third-order valence-electron chi connectivity index (χ3n) is 4.15. The van der Waals surface area contributed by atoms with Gasteiger partial charge in [0.2, 0.25) is 5.91 Å². The van der Waals surface area contributed by atoms with Gasteiger partial charge in [0, 0.05) is 20.1 Å². The summed E-state index contributed by atoms with van der Waals surface area (Å²) in [5, 5.41) is 2.96. The fourth-order valence-electron chi connectivity index (χ4n) is 2.54. The molecular weight excluding hydrogens is 228 g/mol. The Kier molecular flexibility index (Phi) is 5.60. The summed E-state index contributed by atoms with van der Waals surface area (Å²) in [6.45, 7) is 5.09. The highest BCUT2D eigenvalue weighted by Crippen LogP contribution is 2.38. The first-order valence-electron chi connectivity index (χ1n) is 6.95. The molecule has 0 saturated heterocycles. The Morgan fingerprint density at radius 1 is 1.33 bits per heavy atom. The summed E-state index contributed by atoms with van der Waals surface area (Å²) in [6.07, 6.45) is 6.42. The Bertz CT molecular complexity index is 271. The molecule has 0 aromatic heterocycles. The van der Waals surface area contributed by atoms with Gasteiger partial charge in [0.05, 0.1) is 5.60 Å². The van der Waals surface area contributed by atoms with Gasteiger partial charge in [0.1, 0.15) is 0 Å². The Balaban J connectivity index is 2.42. The number of ether oxygens (including phenoxy) is 1. The minimum absolute atomic E-state index is 0.0412. The van der Waals surface area contributed by atoms with Crippen LogP contribution in [0.3, 0.4) is 0 Å². The topological polar surface area (TPSA) is 64.3 Å². The first-order chi connectivity index (χ1) is 8.43. The van der Waals surface area contributed by atoms with E-state index in [-0.39, 0.29) is 16.9 Å². The second-order valence-corrected chi connectivity index (χ2v) is 6.18. The molecule has 1 saturated carbocycles. The van der Waals surface area contributed by atoms with Crippen molar-refractivity contribution in [3.8, 4) is 0 Å². The molecule has 1 amide bonds. The number of carbonyl (C=O) groups is 1. The molecule has 0 bridgehead atoms. The molecule has 0 spiro atoms. The minimum atomic E-state index is -0.307. The monoisotopic (exact) mass is 256 g/mol. The van der Waals surface area contributed by atoms with Crippen molar-refractivity contribution in [3.05, 3.63) is 0 Å². The fraction of sp³-hybridized carbons (Fsp3) is 0.929. The SMILES string of the molecule is COC(C)(C)CNC(=O)CC1(CN)CCCCC1. The van der Waals surface area contributed by atoms with Gasteiger partial charge < -0.3 is 15.8 Å². The van der Waals surface area contributed by atoms with E-state index in [4.69, 9.17) is 10.5 Å². The molecule has 1 aliphatic carbocycles. The molecule has 1 aliphatic rings. The normalized spacial score (nSPS) is 19.6. The van der Waals surface area contributed by atoms with Gasteiger partial charge in [-0.2, -0.15) is 0 Å². The third kappa shape index (κ3) is 4.58. The Morgan fingerprint density at radius 3 is 2.44 bits per heavy atom. The van der Waals surface area contributed by atoms with Gasteiger partial charge >= 0.3 is 0 Å². The number of rotatable bonds is 6. The molecule has 18 heavy (non-hydrogen) atoms. The predicted octanol–water partition coefficient (Wildman–Crippen LogP) is 1.83. The molecule has 0 radical (unpaired) electrons. The van der Waals surface area contributed by atoms with Crippen molar-refractivity contribution in [1.82, 2.24) is 5.32 Å². The molecule has 0 heterocycles. The van der Waals surface area contributed by atoms with E-state index in [9.17, 15) is 4.79 Å². The first-order valence-corrected chi connectivity index (χ1v) is 6.95. The summed E-state index contributed by atoms with van der Waals surface area (Å²) in [5.74, 6) is 0.104. The van der Waals surface area contributed by atoms with Crippen LogP contribution in [0.2, 0.25) is 0 Å². The van der Waals surface area contributed by atoms with Crippen molar-refractivity contribution in [2.75, 3.05) is 20.2 Å². The smallest absolute Gasteiger partial charge is 0.220 e. The van der Waals surface area contributed by atoms with Crippen LogP contribution in [0.15, 0.2) is 0 Å². The number of nitrogens with two attached hydrogens (primary N) is 1. The fourth-order valence-corrected chi connectivity index (χ4v) is 2.54.